The van der Waals surface area contributed by atoms with Crippen LogP contribution in [0.15, 0.2) is 48.5 Å². The van der Waals surface area contributed by atoms with Gasteiger partial charge in [-0.3, -0.25) is 15.1 Å². The predicted octanol–water partition coefficient (Wildman–Crippen LogP) is 1.80. The molecule has 8 heteroatoms. The molecule has 0 radical (unpaired) electrons. The van der Waals surface area contributed by atoms with Gasteiger partial charge in [-0.2, -0.15) is 0 Å². The standard InChI is InChI=1S/C20H24FN5O2/c1-24-9-11-25(12-10-24)20(28)26(17-5-3-2-4-6-17)14-16-8-7-15(13-18(16)21)19(27)23-22/h2-8,13H,9-12,14,22H2,1H3,(H,23,27). The molecule has 0 bridgehead atoms. The minimum atomic E-state index is -0.570. The third kappa shape index (κ3) is 4.47. The molecule has 1 fully saturated rings. The van der Waals surface area contributed by atoms with Crippen molar-refractivity contribution in [2.75, 3.05) is 38.1 Å². The Labute approximate surface area is 163 Å². The van der Waals surface area contributed by atoms with Gasteiger partial charge in [-0.15, -0.1) is 0 Å². The number of carbonyl (C=O) groups excluding carboxylic acids is 2. The van der Waals surface area contributed by atoms with Crippen LogP contribution in [0.2, 0.25) is 0 Å². The summed E-state index contributed by atoms with van der Waals surface area (Å²) in [5.74, 6) is 3.96. The van der Waals surface area contributed by atoms with Crippen LogP contribution in [0.5, 0.6) is 0 Å². The summed E-state index contributed by atoms with van der Waals surface area (Å²) in [5, 5.41) is 0. The number of hydrogen-bond donors (Lipinski definition) is 2. The molecular weight excluding hydrogens is 361 g/mol. The first-order valence-electron chi connectivity index (χ1n) is 9.09. The first-order valence-corrected chi connectivity index (χ1v) is 9.09. The fourth-order valence-corrected chi connectivity index (χ4v) is 3.12. The largest absolute Gasteiger partial charge is 0.324 e. The minimum absolute atomic E-state index is 0.0611. The number of nitrogens with zero attached hydrogens (tertiary/aromatic N) is 3. The zero-order valence-electron chi connectivity index (χ0n) is 15.8. The van der Waals surface area contributed by atoms with Crippen molar-refractivity contribution in [2.45, 2.75) is 6.54 Å². The Morgan fingerprint density at radius 3 is 2.39 bits per heavy atom. The molecule has 3 amide bonds. The van der Waals surface area contributed by atoms with Crippen molar-refractivity contribution in [3.8, 4) is 0 Å². The van der Waals surface area contributed by atoms with Crippen molar-refractivity contribution < 1.29 is 14.0 Å². The third-order valence-corrected chi connectivity index (χ3v) is 4.85. The van der Waals surface area contributed by atoms with Gasteiger partial charge in [0.1, 0.15) is 5.82 Å². The van der Waals surface area contributed by atoms with Crippen LogP contribution in [-0.2, 0) is 6.54 Å². The average Bonchev–Trinajstić information content (AvgIpc) is 2.73. The highest BCUT2D eigenvalue weighted by molar-refractivity contribution is 5.94. The maximum atomic E-state index is 14.6. The lowest BCUT2D eigenvalue weighted by Gasteiger charge is -2.36. The topological polar surface area (TPSA) is 81.9 Å². The molecule has 0 aromatic heterocycles. The fourth-order valence-electron chi connectivity index (χ4n) is 3.12. The van der Waals surface area contributed by atoms with Gasteiger partial charge in [-0.1, -0.05) is 24.3 Å². The minimum Gasteiger partial charge on any atom is -0.322 e. The van der Waals surface area contributed by atoms with E-state index in [2.05, 4.69) is 4.90 Å². The van der Waals surface area contributed by atoms with Crippen LogP contribution in [0.4, 0.5) is 14.9 Å². The van der Waals surface area contributed by atoms with E-state index in [0.29, 0.717) is 24.3 Å². The van der Waals surface area contributed by atoms with Gasteiger partial charge in [0.15, 0.2) is 0 Å². The Kier molecular flexibility index (Phi) is 6.23. The number of hydrogen-bond acceptors (Lipinski definition) is 4. The molecule has 1 aliphatic heterocycles. The summed E-state index contributed by atoms with van der Waals surface area (Å²) in [6.45, 7) is 2.90. The van der Waals surface area contributed by atoms with Gasteiger partial charge in [0.2, 0.25) is 0 Å². The normalized spacial score (nSPS) is 14.6. The maximum Gasteiger partial charge on any atom is 0.324 e. The van der Waals surface area contributed by atoms with E-state index in [1.165, 1.54) is 12.1 Å². The van der Waals surface area contributed by atoms with E-state index in [1.54, 1.807) is 9.80 Å². The molecule has 7 nitrogen and oxygen atoms in total. The van der Waals surface area contributed by atoms with E-state index in [9.17, 15) is 14.0 Å². The van der Waals surface area contributed by atoms with Gasteiger partial charge in [0.25, 0.3) is 5.91 Å². The molecule has 2 aromatic rings. The van der Waals surface area contributed by atoms with E-state index in [1.807, 2.05) is 42.8 Å². The smallest absolute Gasteiger partial charge is 0.322 e. The number of anilines is 1. The number of hydrazine groups is 1. The van der Waals surface area contributed by atoms with Crippen LogP contribution in [0.25, 0.3) is 0 Å². The number of nitrogens with one attached hydrogen (secondary N) is 1. The first-order chi connectivity index (χ1) is 13.5. The number of carbonyl (C=O) groups is 2. The summed E-state index contributed by atoms with van der Waals surface area (Å²) < 4.78 is 14.6. The van der Waals surface area contributed by atoms with Crippen LogP contribution in [-0.4, -0.2) is 55.0 Å². The van der Waals surface area contributed by atoms with Crippen molar-refractivity contribution in [1.29, 1.82) is 0 Å². The highest BCUT2D eigenvalue weighted by atomic mass is 19.1. The number of benzene rings is 2. The summed E-state index contributed by atoms with van der Waals surface area (Å²) in [6.07, 6.45) is 0. The number of piperazine rings is 1. The Morgan fingerprint density at radius 2 is 1.79 bits per heavy atom. The molecule has 0 spiro atoms. The second kappa shape index (κ2) is 8.81. The van der Waals surface area contributed by atoms with E-state index >= 15 is 0 Å². The molecule has 3 rings (SSSR count). The molecule has 148 valence electrons. The SMILES string of the molecule is CN1CCN(C(=O)N(Cc2ccc(C(=O)NN)cc2F)c2ccccc2)CC1. The number of rotatable bonds is 4. The Balaban J connectivity index is 1.86. The van der Waals surface area contributed by atoms with E-state index in [-0.39, 0.29) is 18.1 Å². The van der Waals surface area contributed by atoms with E-state index < -0.39 is 11.7 Å². The van der Waals surface area contributed by atoms with Crippen molar-refractivity contribution in [3.63, 3.8) is 0 Å². The number of para-hydroxylation sites is 1. The number of urea groups is 1. The van der Waals surface area contributed by atoms with Gasteiger partial charge in [-0.25, -0.2) is 15.0 Å². The maximum absolute atomic E-state index is 14.6. The van der Waals surface area contributed by atoms with Gasteiger partial charge >= 0.3 is 6.03 Å². The number of nitrogens with two attached hydrogens (primary N) is 1. The second-order valence-electron chi connectivity index (χ2n) is 6.77. The number of halogens is 1. The molecule has 1 aliphatic rings. The van der Waals surface area contributed by atoms with E-state index in [4.69, 9.17) is 5.84 Å². The molecule has 28 heavy (non-hydrogen) atoms. The average molecular weight is 385 g/mol. The highest BCUT2D eigenvalue weighted by Gasteiger charge is 2.26. The monoisotopic (exact) mass is 385 g/mol. The first kappa shape index (κ1) is 19.8. The molecule has 2 aromatic carbocycles. The molecule has 3 N–H and O–H groups in total. The Bertz CT molecular complexity index is 838. The van der Waals surface area contributed by atoms with Crippen LogP contribution >= 0.6 is 0 Å². The van der Waals surface area contributed by atoms with Gasteiger partial charge in [0.05, 0.1) is 6.54 Å². The summed E-state index contributed by atoms with van der Waals surface area (Å²) in [4.78, 5) is 30.3. The number of likely N-dealkylation sites (N-methyl/N-ethyl adjacent to an activating group) is 1. The van der Waals surface area contributed by atoms with Crippen LogP contribution in [0.1, 0.15) is 15.9 Å². The van der Waals surface area contributed by atoms with Crippen molar-refractivity contribution in [2.24, 2.45) is 5.84 Å². The van der Waals surface area contributed by atoms with Crippen molar-refractivity contribution in [1.82, 2.24) is 15.2 Å². The lowest BCUT2D eigenvalue weighted by molar-refractivity contribution is 0.0953. The fraction of sp³-hybridized carbons (Fsp3) is 0.300. The molecule has 1 heterocycles. The quantitative estimate of drug-likeness (QED) is 0.478. The molecule has 0 atom stereocenters. The van der Waals surface area contributed by atoms with Crippen molar-refractivity contribution >= 4 is 17.6 Å². The molecule has 0 aliphatic carbocycles. The summed E-state index contributed by atoms with van der Waals surface area (Å²) in [7, 11) is 2.02. The Hall–Kier alpha value is -2.97. The second-order valence-corrected chi connectivity index (χ2v) is 6.77. The zero-order chi connectivity index (χ0) is 20.1. The molecule has 0 unspecified atom stereocenters. The lowest BCUT2D eigenvalue weighted by atomic mass is 10.1. The summed E-state index contributed by atoms with van der Waals surface area (Å²) >= 11 is 0. The Morgan fingerprint density at radius 1 is 1.11 bits per heavy atom. The van der Waals surface area contributed by atoms with Gasteiger partial charge in [-0.05, 0) is 31.3 Å². The molecule has 0 saturated carbocycles. The van der Waals surface area contributed by atoms with Crippen LogP contribution < -0.4 is 16.2 Å². The lowest BCUT2D eigenvalue weighted by Crippen LogP contribution is -2.52. The van der Waals surface area contributed by atoms with Crippen LogP contribution in [0, 0.1) is 5.82 Å². The van der Waals surface area contributed by atoms with E-state index in [0.717, 1.165) is 19.2 Å². The third-order valence-electron chi connectivity index (χ3n) is 4.85. The highest BCUT2D eigenvalue weighted by Crippen LogP contribution is 2.21. The zero-order valence-corrected chi connectivity index (χ0v) is 15.8. The van der Waals surface area contributed by atoms with Crippen molar-refractivity contribution in [3.05, 3.63) is 65.5 Å². The van der Waals surface area contributed by atoms with Crippen LogP contribution in [0.3, 0.4) is 0 Å². The summed E-state index contributed by atoms with van der Waals surface area (Å²) in [5.41, 5.74) is 3.11. The predicted molar refractivity (Wildman–Crippen MR) is 105 cm³/mol. The molecular formula is C20H24FN5O2. The molecule has 1 saturated heterocycles. The van der Waals surface area contributed by atoms with Gasteiger partial charge in [0, 0.05) is 43.0 Å². The number of nitrogen functional groups attached to an aromatic ring is 1. The van der Waals surface area contributed by atoms with Gasteiger partial charge < -0.3 is 9.80 Å². The summed E-state index contributed by atoms with van der Waals surface area (Å²) in [6, 6.07) is 13.1. The number of amides is 3.